The SMILES string of the molecule is Cc1ccc(NC(=O)N2CCC[C@@H]2C(=O)N(C)C)cc1C(F)(F)F. The van der Waals surface area contributed by atoms with Gasteiger partial charge in [0.2, 0.25) is 5.91 Å². The van der Waals surface area contributed by atoms with Crippen LogP contribution in [0.5, 0.6) is 0 Å². The second kappa shape index (κ2) is 6.70. The first-order chi connectivity index (χ1) is 11.1. The summed E-state index contributed by atoms with van der Waals surface area (Å²) in [5.41, 5.74) is -0.647. The molecule has 0 bridgehead atoms. The minimum absolute atomic E-state index is 0.0564. The molecular weight excluding hydrogens is 323 g/mol. The summed E-state index contributed by atoms with van der Waals surface area (Å²) in [6.45, 7) is 1.76. The summed E-state index contributed by atoms with van der Waals surface area (Å²) in [4.78, 5) is 27.2. The van der Waals surface area contributed by atoms with Crippen molar-refractivity contribution in [2.24, 2.45) is 0 Å². The Morgan fingerprint density at radius 3 is 2.54 bits per heavy atom. The first-order valence-corrected chi connectivity index (χ1v) is 7.58. The van der Waals surface area contributed by atoms with E-state index >= 15 is 0 Å². The monoisotopic (exact) mass is 343 g/mol. The molecule has 132 valence electrons. The van der Waals surface area contributed by atoms with Gasteiger partial charge in [-0.05, 0) is 37.5 Å². The number of alkyl halides is 3. The molecule has 8 heteroatoms. The zero-order valence-corrected chi connectivity index (χ0v) is 13.8. The number of likely N-dealkylation sites (tertiary alicyclic amines) is 1. The molecule has 0 aromatic heterocycles. The van der Waals surface area contributed by atoms with Crippen molar-refractivity contribution in [3.63, 3.8) is 0 Å². The summed E-state index contributed by atoms with van der Waals surface area (Å²) in [5.74, 6) is -0.192. The Bertz CT molecular complexity index is 644. The van der Waals surface area contributed by atoms with E-state index in [1.54, 1.807) is 14.1 Å². The number of hydrogen-bond donors (Lipinski definition) is 1. The van der Waals surface area contributed by atoms with E-state index in [4.69, 9.17) is 0 Å². The fourth-order valence-electron chi connectivity index (χ4n) is 2.77. The number of anilines is 1. The van der Waals surface area contributed by atoms with Crippen LogP contribution in [0.1, 0.15) is 24.0 Å². The number of halogens is 3. The molecule has 2 rings (SSSR count). The number of carbonyl (C=O) groups excluding carboxylic acids is 2. The third kappa shape index (κ3) is 3.80. The molecule has 0 aliphatic carbocycles. The zero-order chi connectivity index (χ0) is 18.1. The second-order valence-electron chi connectivity index (χ2n) is 6.04. The van der Waals surface area contributed by atoms with Crippen molar-refractivity contribution in [3.05, 3.63) is 29.3 Å². The molecule has 1 fully saturated rings. The molecule has 1 aromatic rings. The predicted octanol–water partition coefficient (Wildman–Crippen LogP) is 3.10. The van der Waals surface area contributed by atoms with Crippen LogP contribution in [-0.2, 0) is 11.0 Å². The minimum atomic E-state index is -4.48. The van der Waals surface area contributed by atoms with Gasteiger partial charge in [0.25, 0.3) is 0 Å². The van der Waals surface area contributed by atoms with Gasteiger partial charge in [0.05, 0.1) is 5.56 Å². The summed E-state index contributed by atoms with van der Waals surface area (Å²) >= 11 is 0. The third-order valence-corrected chi connectivity index (χ3v) is 4.03. The van der Waals surface area contributed by atoms with E-state index < -0.39 is 23.8 Å². The highest BCUT2D eigenvalue weighted by Gasteiger charge is 2.36. The molecule has 5 nitrogen and oxygen atoms in total. The molecule has 1 aromatic carbocycles. The van der Waals surface area contributed by atoms with Crippen LogP contribution in [-0.4, -0.2) is 48.4 Å². The Labute approximate surface area is 138 Å². The van der Waals surface area contributed by atoms with E-state index in [1.165, 1.54) is 28.9 Å². The number of likely N-dealkylation sites (N-methyl/N-ethyl adjacent to an activating group) is 1. The number of benzene rings is 1. The molecule has 1 saturated heterocycles. The summed E-state index contributed by atoms with van der Waals surface area (Å²) in [6.07, 6.45) is -3.26. The fraction of sp³-hybridized carbons (Fsp3) is 0.500. The summed E-state index contributed by atoms with van der Waals surface area (Å²) < 4.78 is 38.9. The zero-order valence-electron chi connectivity index (χ0n) is 13.8. The lowest BCUT2D eigenvalue weighted by molar-refractivity contribution is -0.138. The lowest BCUT2D eigenvalue weighted by atomic mass is 10.1. The van der Waals surface area contributed by atoms with Gasteiger partial charge in [-0.2, -0.15) is 13.2 Å². The van der Waals surface area contributed by atoms with Gasteiger partial charge >= 0.3 is 12.2 Å². The van der Waals surface area contributed by atoms with Gasteiger partial charge in [-0.3, -0.25) is 4.79 Å². The maximum atomic E-state index is 13.0. The average molecular weight is 343 g/mol. The minimum Gasteiger partial charge on any atom is -0.347 e. The van der Waals surface area contributed by atoms with Crippen LogP contribution in [0.3, 0.4) is 0 Å². The number of hydrogen-bond acceptors (Lipinski definition) is 2. The van der Waals surface area contributed by atoms with Crippen LogP contribution in [0.15, 0.2) is 18.2 Å². The Morgan fingerprint density at radius 1 is 1.29 bits per heavy atom. The number of aryl methyl sites for hydroxylation is 1. The van der Waals surface area contributed by atoms with Crippen LogP contribution in [0, 0.1) is 6.92 Å². The van der Waals surface area contributed by atoms with Gasteiger partial charge in [0, 0.05) is 26.3 Å². The van der Waals surface area contributed by atoms with Crippen LogP contribution in [0.2, 0.25) is 0 Å². The predicted molar refractivity (Wildman–Crippen MR) is 83.6 cm³/mol. The maximum Gasteiger partial charge on any atom is 0.416 e. The van der Waals surface area contributed by atoms with Crippen LogP contribution < -0.4 is 5.32 Å². The van der Waals surface area contributed by atoms with Crippen molar-refractivity contribution in [2.45, 2.75) is 32.0 Å². The van der Waals surface area contributed by atoms with Crippen molar-refractivity contribution < 1.29 is 22.8 Å². The molecule has 1 heterocycles. The van der Waals surface area contributed by atoms with Crippen molar-refractivity contribution in [1.29, 1.82) is 0 Å². The topological polar surface area (TPSA) is 52.7 Å². The summed E-state index contributed by atoms with van der Waals surface area (Å²) in [7, 11) is 3.21. The average Bonchev–Trinajstić information content (AvgIpc) is 2.96. The molecule has 1 atom stereocenters. The Balaban J connectivity index is 2.16. The van der Waals surface area contributed by atoms with E-state index in [0.717, 1.165) is 6.07 Å². The van der Waals surface area contributed by atoms with E-state index in [2.05, 4.69) is 5.32 Å². The molecule has 0 saturated carbocycles. The van der Waals surface area contributed by atoms with Gasteiger partial charge in [-0.25, -0.2) is 4.79 Å². The highest BCUT2D eigenvalue weighted by Crippen LogP contribution is 2.33. The van der Waals surface area contributed by atoms with Gasteiger partial charge in [-0.1, -0.05) is 6.07 Å². The second-order valence-corrected chi connectivity index (χ2v) is 6.04. The first-order valence-electron chi connectivity index (χ1n) is 7.58. The lowest BCUT2D eigenvalue weighted by Crippen LogP contribution is -2.47. The highest BCUT2D eigenvalue weighted by molar-refractivity contribution is 5.94. The van der Waals surface area contributed by atoms with Crippen LogP contribution >= 0.6 is 0 Å². The Hall–Kier alpha value is -2.25. The van der Waals surface area contributed by atoms with Crippen molar-refractivity contribution in [2.75, 3.05) is 26.0 Å². The van der Waals surface area contributed by atoms with Crippen molar-refractivity contribution in [3.8, 4) is 0 Å². The van der Waals surface area contributed by atoms with E-state index in [1.807, 2.05) is 0 Å². The standard InChI is InChI=1S/C16H20F3N3O2/c1-10-6-7-11(9-12(10)16(17,18)19)20-15(24)22-8-4-5-13(22)14(23)21(2)3/h6-7,9,13H,4-5,8H2,1-3H3,(H,20,24)/t13-/m1/s1. The van der Waals surface area contributed by atoms with Gasteiger partial charge in [0.15, 0.2) is 0 Å². The smallest absolute Gasteiger partial charge is 0.347 e. The molecule has 24 heavy (non-hydrogen) atoms. The molecule has 0 radical (unpaired) electrons. The fourth-order valence-corrected chi connectivity index (χ4v) is 2.77. The molecule has 0 unspecified atom stereocenters. The molecule has 1 aliphatic rings. The number of nitrogens with one attached hydrogen (secondary N) is 1. The molecule has 1 N–H and O–H groups in total. The normalized spacial score (nSPS) is 17.8. The van der Waals surface area contributed by atoms with Crippen LogP contribution in [0.25, 0.3) is 0 Å². The number of amides is 3. The van der Waals surface area contributed by atoms with E-state index in [9.17, 15) is 22.8 Å². The number of carbonyl (C=O) groups is 2. The largest absolute Gasteiger partial charge is 0.416 e. The van der Waals surface area contributed by atoms with Gasteiger partial charge < -0.3 is 15.1 Å². The Kier molecular flexibility index (Phi) is 5.05. The lowest BCUT2D eigenvalue weighted by Gasteiger charge is -2.26. The molecule has 3 amide bonds. The number of urea groups is 1. The summed E-state index contributed by atoms with van der Waals surface area (Å²) in [6, 6.07) is 2.50. The molecular formula is C16H20F3N3O2. The summed E-state index contributed by atoms with van der Waals surface area (Å²) in [5, 5.41) is 2.46. The number of rotatable bonds is 2. The van der Waals surface area contributed by atoms with Gasteiger partial charge in [0.1, 0.15) is 6.04 Å². The van der Waals surface area contributed by atoms with Crippen molar-refractivity contribution in [1.82, 2.24) is 9.80 Å². The van der Waals surface area contributed by atoms with Gasteiger partial charge in [-0.15, -0.1) is 0 Å². The van der Waals surface area contributed by atoms with E-state index in [0.29, 0.717) is 19.4 Å². The molecule has 1 aliphatic heterocycles. The van der Waals surface area contributed by atoms with E-state index in [-0.39, 0.29) is 17.2 Å². The third-order valence-electron chi connectivity index (χ3n) is 4.03. The number of nitrogens with zero attached hydrogens (tertiary/aromatic N) is 2. The van der Waals surface area contributed by atoms with Crippen molar-refractivity contribution >= 4 is 17.6 Å². The quantitative estimate of drug-likeness (QED) is 0.897. The maximum absolute atomic E-state index is 13.0. The molecule has 0 spiro atoms. The Morgan fingerprint density at radius 2 is 1.96 bits per heavy atom. The van der Waals surface area contributed by atoms with Crippen LogP contribution in [0.4, 0.5) is 23.7 Å². The first kappa shape index (κ1) is 18.1. The highest BCUT2D eigenvalue weighted by atomic mass is 19.4.